The lowest BCUT2D eigenvalue weighted by Crippen LogP contribution is -2.26. The number of hydrogen-bond donors (Lipinski definition) is 4. The number of amides is 1. The second-order valence-corrected chi connectivity index (χ2v) is 7.74. The molecule has 2 rings (SSSR count). The predicted molar refractivity (Wildman–Crippen MR) is 126 cm³/mol. The third-order valence-corrected chi connectivity index (χ3v) is 5.34. The van der Waals surface area contributed by atoms with E-state index in [1.54, 1.807) is 18.2 Å². The SMILES string of the molecule is COC(=O)CCNC(=O)c1ccc(NCCc2cc(Br)c(N)c(Br)c2)c(N)c1.Cl. The number of benzene rings is 2. The summed E-state index contributed by atoms with van der Waals surface area (Å²) in [5, 5.41) is 5.92. The van der Waals surface area contributed by atoms with Crippen LogP contribution in [-0.4, -0.2) is 32.1 Å². The first-order valence-corrected chi connectivity index (χ1v) is 10.1. The molecule has 0 heterocycles. The standard InChI is InChI=1S/C19H22Br2N4O3.ClH/c1-28-17(26)5-7-25-19(27)12-2-3-16(15(22)10-12)24-6-4-11-8-13(20)18(23)14(21)9-11;/h2-3,8-10,24H,4-7,22-23H2,1H3,(H,25,27);1H. The molecule has 0 aliphatic carbocycles. The van der Waals surface area contributed by atoms with Crippen molar-refractivity contribution in [3.63, 3.8) is 0 Å². The molecule has 0 bridgehead atoms. The minimum Gasteiger partial charge on any atom is -0.469 e. The summed E-state index contributed by atoms with van der Waals surface area (Å²) in [5.41, 5.74) is 15.4. The van der Waals surface area contributed by atoms with E-state index >= 15 is 0 Å². The van der Waals surface area contributed by atoms with Crippen LogP contribution in [-0.2, 0) is 16.0 Å². The molecule has 2 aromatic rings. The Morgan fingerprint density at radius 2 is 1.72 bits per heavy atom. The Morgan fingerprint density at radius 1 is 1.07 bits per heavy atom. The van der Waals surface area contributed by atoms with Crippen molar-refractivity contribution in [2.75, 3.05) is 37.0 Å². The molecule has 0 spiro atoms. The first-order chi connectivity index (χ1) is 13.3. The van der Waals surface area contributed by atoms with Gasteiger partial charge in [-0.15, -0.1) is 12.4 Å². The van der Waals surface area contributed by atoms with Gasteiger partial charge in [0, 0.05) is 27.6 Å². The third-order valence-electron chi connectivity index (χ3n) is 4.02. The zero-order valence-corrected chi connectivity index (χ0v) is 19.7. The van der Waals surface area contributed by atoms with Crippen LogP contribution in [0.3, 0.4) is 0 Å². The number of rotatable bonds is 8. The summed E-state index contributed by atoms with van der Waals surface area (Å²) in [6.07, 6.45) is 0.890. The van der Waals surface area contributed by atoms with E-state index in [1.165, 1.54) is 7.11 Å². The van der Waals surface area contributed by atoms with Gasteiger partial charge in [0.15, 0.2) is 0 Å². The van der Waals surface area contributed by atoms with Crippen molar-refractivity contribution in [2.24, 2.45) is 0 Å². The Bertz CT molecular complexity index is 858. The molecular weight excluding hydrogens is 527 g/mol. The minimum atomic E-state index is -0.375. The average Bonchev–Trinajstić information content (AvgIpc) is 2.66. The maximum atomic E-state index is 12.1. The number of methoxy groups -OCH3 is 1. The number of carbonyl (C=O) groups excluding carboxylic acids is 2. The smallest absolute Gasteiger partial charge is 0.307 e. The highest BCUT2D eigenvalue weighted by Crippen LogP contribution is 2.30. The van der Waals surface area contributed by atoms with E-state index in [-0.39, 0.29) is 37.2 Å². The molecule has 158 valence electrons. The van der Waals surface area contributed by atoms with Crippen LogP contribution >= 0.6 is 44.3 Å². The van der Waals surface area contributed by atoms with Crippen LogP contribution in [0.5, 0.6) is 0 Å². The lowest BCUT2D eigenvalue weighted by molar-refractivity contribution is -0.140. The van der Waals surface area contributed by atoms with Crippen molar-refractivity contribution >= 4 is 73.2 Å². The molecule has 0 saturated heterocycles. The van der Waals surface area contributed by atoms with Crippen LogP contribution in [0.1, 0.15) is 22.3 Å². The molecule has 10 heteroatoms. The van der Waals surface area contributed by atoms with Gasteiger partial charge in [0.1, 0.15) is 0 Å². The van der Waals surface area contributed by atoms with Gasteiger partial charge < -0.3 is 26.8 Å². The van der Waals surface area contributed by atoms with E-state index in [0.717, 1.165) is 26.6 Å². The Morgan fingerprint density at radius 3 is 2.31 bits per heavy atom. The number of anilines is 3. The quantitative estimate of drug-likeness (QED) is 0.294. The number of nitrogens with two attached hydrogens (primary N) is 2. The van der Waals surface area contributed by atoms with Gasteiger partial charge in [0.2, 0.25) is 0 Å². The van der Waals surface area contributed by atoms with Crippen LogP contribution in [0.25, 0.3) is 0 Å². The van der Waals surface area contributed by atoms with Crippen molar-refractivity contribution in [1.82, 2.24) is 5.32 Å². The molecule has 0 aliphatic rings. The first kappa shape index (κ1) is 25.1. The molecule has 0 saturated carbocycles. The summed E-state index contributed by atoms with van der Waals surface area (Å²) < 4.78 is 6.22. The fourth-order valence-electron chi connectivity index (χ4n) is 2.47. The van der Waals surface area contributed by atoms with E-state index in [1.807, 2.05) is 12.1 Å². The Kier molecular flexibility index (Phi) is 10.3. The molecule has 0 fully saturated rings. The van der Waals surface area contributed by atoms with Crippen molar-refractivity contribution in [1.29, 1.82) is 0 Å². The molecule has 2 aromatic carbocycles. The minimum absolute atomic E-state index is 0. The van der Waals surface area contributed by atoms with Gasteiger partial charge in [-0.05, 0) is 74.2 Å². The van der Waals surface area contributed by atoms with E-state index < -0.39 is 0 Å². The number of ether oxygens (including phenoxy) is 1. The zero-order chi connectivity index (χ0) is 20.7. The summed E-state index contributed by atoms with van der Waals surface area (Å²) in [6, 6.07) is 9.01. The number of nitrogen functional groups attached to an aromatic ring is 2. The average molecular weight is 551 g/mol. The van der Waals surface area contributed by atoms with Crippen LogP contribution in [0.2, 0.25) is 0 Å². The summed E-state index contributed by atoms with van der Waals surface area (Å²) in [7, 11) is 1.31. The number of halogens is 3. The van der Waals surface area contributed by atoms with Gasteiger partial charge in [0.05, 0.1) is 30.6 Å². The summed E-state index contributed by atoms with van der Waals surface area (Å²) in [5.74, 6) is -0.668. The highest BCUT2D eigenvalue weighted by Gasteiger charge is 2.09. The van der Waals surface area contributed by atoms with Crippen LogP contribution in [0.15, 0.2) is 39.3 Å². The Hall–Kier alpha value is -1.97. The summed E-state index contributed by atoms with van der Waals surface area (Å²) in [4.78, 5) is 23.2. The van der Waals surface area contributed by atoms with Crippen molar-refractivity contribution < 1.29 is 14.3 Å². The number of esters is 1. The fraction of sp³-hybridized carbons (Fsp3) is 0.263. The fourth-order valence-corrected chi connectivity index (χ4v) is 3.75. The molecule has 1 amide bonds. The number of carbonyl (C=O) groups is 2. The second-order valence-electron chi connectivity index (χ2n) is 6.03. The maximum Gasteiger partial charge on any atom is 0.307 e. The summed E-state index contributed by atoms with van der Waals surface area (Å²) in [6.45, 7) is 0.871. The second kappa shape index (κ2) is 11.9. The number of nitrogens with one attached hydrogen (secondary N) is 2. The van der Waals surface area contributed by atoms with Gasteiger partial charge in [0.25, 0.3) is 5.91 Å². The van der Waals surface area contributed by atoms with Gasteiger partial charge in [-0.25, -0.2) is 0 Å². The zero-order valence-electron chi connectivity index (χ0n) is 15.8. The van der Waals surface area contributed by atoms with E-state index in [0.29, 0.717) is 23.5 Å². The Labute approximate surface area is 192 Å². The van der Waals surface area contributed by atoms with Gasteiger partial charge in [-0.2, -0.15) is 0 Å². The Balaban J connectivity index is 0.00000420. The third kappa shape index (κ3) is 7.41. The van der Waals surface area contributed by atoms with Crippen LogP contribution in [0, 0.1) is 0 Å². The molecule has 29 heavy (non-hydrogen) atoms. The largest absolute Gasteiger partial charge is 0.469 e. The van der Waals surface area contributed by atoms with Crippen molar-refractivity contribution in [2.45, 2.75) is 12.8 Å². The first-order valence-electron chi connectivity index (χ1n) is 8.53. The topological polar surface area (TPSA) is 119 Å². The van der Waals surface area contributed by atoms with Gasteiger partial charge >= 0.3 is 5.97 Å². The van der Waals surface area contributed by atoms with E-state index in [9.17, 15) is 9.59 Å². The predicted octanol–water partition coefficient (Wildman–Crippen LogP) is 3.75. The summed E-state index contributed by atoms with van der Waals surface area (Å²) >= 11 is 6.88. The van der Waals surface area contributed by atoms with E-state index in [4.69, 9.17) is 11.5 Å². The van der Waals surface area contributed by atoms with Crippen LogP contribution < -0.4 is 22.1 Å². The molecule has 0 radical (unpaired) electrons. The highest BCUT2D eigenvalue weighted by molar-refractivity contribution is 9.11. The molecule has 7 nitrogen and oxygen atoms in total. The highest BCUT2D eigenvalue weighted by atomic mass is 79.9. The lowest BCUT2D eigenvalue weighted by atomic mass is 10.1. The van der Waals surface area contributed by atoms with Crippen LogP contribution in [0.4, 0.5) is 17.1 Å². The maximum absolute atomic E-state index is 12.1. The molecule has 0 aliphatic heterocycles. The molecule has 6 N–H and O–H groups in total. The lowest BCUT2D eigenvalue weighted by Gasteiger charge is -2.12. The van der Waals surface area contributed by atoms with E-state index in [2.05, 4.69) is 47.2 Å². The van der Waals surface area contributed by atoms with Gasteiger partial charge in [-0.1, -0.05) is 0 Å². The normalized spacial score (nSPS) is 10.0. The molecule has 0 aromatic heterocycles. The molecular formula is C19H23Br2ClN4O3. The monoisotopic (exact) mass is 548 g/mol. The molecule has 0 atom stereocenters. The molecule has 0 unspecified atom stereocenters. The van der Waals surface area contributed by atoms with Gasteiger partial charge in [-0.3, -0.25) is 9.59 Å². The number of hydrogen-bond acceptors (Lipinski definition) is 6. The van der Waals surface area contributed by atoms with Crippen molar-refractivity contribution in [3.05, 3.63) is 50.4 Å². The van der Waals surface area contributed by atoms with Crippen molar-refractivity contribution in [3.8, 4) is 0 Å².